The van der Waals surface area contributed by atoms with E-state index in [9.17, 15) is 0 Å². The summed E-state index contributed by atoms with van der Waals surface area (Å²) in [5.41, 5.74) is 7.58. The van der Waals surface area contributed by atoms with Crippen molar-refractivity contribution in [1.82, 2.24) is 0 Å². The number of fused-ring (bicyclic) bond motifs is 1. The van der Waals surface area contributed by atoms with Gasteiger partial charge in [0.1, 0.15) is 0 Å². The summed E-state index contributed by atoms with van der Waals surface area (Å²) in [6, 6.07) is 0. The number of hydrogen-bond donors (Lipinski definition) is 0. The van der Waals surface area contributed by atoms with Gasteiger partial charge in [-0.05, 0) is 87.2 Å². The van der Waals surface area contributed by atoms with Crippen molar-refractivity contribution < 1.29 is 0 Å². The van der Waals surface area contributed by atoms with Crippen LogP contribution in [0.4, 0.5) is 0 Å². The van der Waals surface area contributed by atoms with Crippen LogP contribution in [0.1, 0.15) is 129 Å². The minimum atomic E-state index is 0.868. The quantitative estimate of drug-likeness (QED) is 0.406. The molecule has 0 bridgehead atoms. The van der Waals surface area contributed by atoms with Gasteiger partial charge in [-0.2, -0.15) is 0 Å². The van der Waals surface area contributed by atoms with Crippen LogP contribution in [0.3, 0.4) is 0 Å². The second-order valence-electron chi connectivity index (χ2n) is 9.77. The molecule has 0 saturated heterocycles. The Morgan fingerprint density at radius 1 is 0.423 bits per heavy atom. The lowest BCUT2D eigenvalue weighted by atomic mass is 9.74. The molecule has 0 spiro atoms. The Kier molecular flexibility index (Phi) is 8.34. The van der Waals surface area contributed by atoms with E-state index in [1.54, 1.807) is 0 Å². The van der Waals surface area contributed by atoms with Gasteiger partial charge in [0.15, 0.2) is 0 Å². The zero-order valence-electron chi connectivity index (χ0n) is 17.9. The molecule has 0 unspecified atom stereocenters. The van der Waals surface area contributed by atoms with Crippen LogP contribution in [0.5, 0.6) is 0 Å². The molecule has 0 aromatic carbocycles. The molecule has 0 amide bonds. The number of rotatable bonds is 0. The molecule has 0 heteroatoms. The van der Waals surface area contributed by atoms with Gasteiger partial charge in [-0.15, -0.1) is 0 Å². The van der Waals surface area contributed by atoms with E-state index in [0.717, 1.165) is 11.8 Å². The third kappa shape index (κ3) is 5.74. The largest absolute Gasteiger partial charge is 0.0665 e. The Labute approximate surface area is 163 Å². The van der Waals surface area contributed by atoms with Crippen molar-refractivity contribution in [1.29, 1.82) is 0 Å². The summed E-state index contributed by atoms with van der Waals surface area (Å²) in [5, 5.41) is 0. The highest BCUT2D eigenvalue weighted by Crippen LogP contribution is 2.42. The molecule has 0 aliphatic heterocycles. The highest BCUT2D eigenvalue weighted by atomic mass is 14.3. The van der Waals surface area contributed by atoms with Crippen molar-refractivity contribution in [2.24, 2.45) is 11.8 Å². The van der Waals surface area contributed by atoms with Gasteiger partial charge in [0.05, 0.1) is 0 Å². The molecular weight excluding hydrogens is 312 g/mol. The lowest BCUT2D eigenvalue weighted by Crippen LogP contribution is -2.16. The summed E-state index contributed by atoms with van der Waals surface area (Å²) in [5.74, 6) is 1.74. The second kappa shape index (κ2) is 10.7. The van der Waals surface area contributed by atoms with Crippen molar-refractivity contribution >= 4 is 0 Å². The maximum atomic E-state index is 2.54. The first-order valence-electron chi connectivity index (χ1n) is 12.2. The summed E-state index contributed by atoms with van der Waals surface area (Å²) in [6.45, 7) is 5.08. The molecule has 26 heavy (non-hydrogen) atoms. The fourth-order valence-electron chi connectivity index (χ4n) is 5.71. The molecule has 0 fully saturated rings. The fraction of sp³-hybridized carbons (Fsp3) is 0.846. The smallest absolute Gasteiger partial charge is 0.0277 e. The van der Waals surface area contributed by atoms with Crippen molar-refractivity contribution in [3.8, 4) is 0 Å². The Hall–Kier alpha value is -0.520. The Morgan fingerprint density at radius 2 is 0.731 bits per heavy atom. The van der Waals surface area contributed by atoms with Gasteiger partial charge in [0, 0.05) is 0 Å². The highest BCUT2D eigenvalue weighted by Gasteiger charge is 2.25. The Bertz CT molecular complexity index is 446. The molecule has 0 N–H and O–H groups in total. The van der Waals surface area contributed by atoms with Crippen LogP contribution in [0.15, 0.2) is 22.3 Å². The van der Waals surface area contributed by atoms with Crippen LogP contribution in [0.2, 0.25) is 0 Å². The molecule has 3 aliphatic carbocycles. The van der Waals surface area contributed by atoms with E-state index in [1.807, 2.05) is 22.3 Å². The minimum absolute atomic E-state index is 0.868. The van der Waals surface area contributed by atoms with E-state index < -0.39 is 0 Å². The van der Waals surface area contributed by atoms with Crippen LogP contribution in [-0.2, 0) is 0 Å². The van der Waals surface area contributed by atoms with Gasteiger partial charge < -0.3 is 0 Å². The van der Waals surface area contributed by atoms with Gasteiger partial charge in [0.2, 0.25) is 0 Å². The number of hydrogen-bond acceptors (Lipinski definition) is 0. The maximum absolute atomic E-state index is 2.54. The third-order valence-corrected chi connectivity index (χ3v) is 7.64. The van der Waals surface area contributed by atoms with Gasteiger partial charge in [-0.25, -0.2) is 0 Å². The Morgan fingerprint density at radius 3 is 1.12 bits per heavy atom. The monoisotopic (exact) mass is 356 g/mol. The molecule has 3 aliphatic rings. The van der Waals surface area contributed by atoms with E-state index in [-0.39, 0.29) is 0 Å². The molecular formula is C26H44. The van der Waals surface area contributed by atoms with Crippen molar-refractivity contribution in [3.63, 3.8) is 0 Å². The first kappa shape index (κ1) is 20.2. The van der Waals surface area contributed by atoms with Crippen LogP contribution in [-0.4, -0.2) is 0 Å². The van der Waals surface area contributed by atoms with Gasteiger partial charge in [0.25, 0.3) is 0 Å². The predicted molar refractivity (Wildman–Crippen MR) is 115 cm³/mol. The molecule has 0 heterocycles. The van der Waals surface area contributed by atoms with E-state index in [0.29, 0.717) is 0 Å². The third-order valence-electron chi connectivity index (χ3n) is 7.64. The zero-order valence-corrected chi connectivity index (χ0v) is 17.9. The van der Waals surface area contributed by atoms with Crippen LogP contribution in [0, 0.1) is 11.8 Å². The van der Waals surface area contributed by atoms with Gasteiger partial charge >= 0.3 is 0 Å². The van der Waals surface area contributed by atoms with Gasteiger partial charge in [-0.1, -0.05) is 76.4 Å². The van der Waals surface area contributed by atoms with Gasteiger partial charge in [-0.3, -0.25) is 0 Å². The lowest BCUT2D eigenvalue weighted by Gasteiger charge is -2.32. The zero-order chi connectivity index (χ0) is 18.2. The molecule has 0 aromatic heterocycles. The number of allylic oxidation sites excluding steroid dienone is 4. The maximum Gasteiger partial charge on any atom is -0.0277 e. The predicted octanol–water partition coefficient (Wildman–Crippen LogP) is 8.91. The minimum Gasteiger partial charge on any atom is -0.0665 e. The Balaban J connectivity index is 1.97. The second-order valence-corrected chi connectivity index (χ2v) is 9.77. The topological polar surface area (TPSA) is 0 Å². The molecule has 2 atom stereocenters. The van der Waals surface area contributed by atoms with Crippen LogP contribution in [0.25, 0.3) is 0 Å². The SMILES string of the molecule is C[C@@H]1C/C2=C(CCCCCCCC2)\C2=C(\CCCCCCCC2)C[C@H]1C. The lowest BCUT2D eigenvalue weighted by molar-refractivity contribution is 0.365. The molecule has 0 aromatic rings. The molecule has 148 valence electrons. The van der Waals surface area contributed by atoms with Crippen molar-refractivity contribution in [2.75, 3.05) is 0 Å². The summed E-state index contributed by atoms with van der Waals surface area (Å²) in [7, 11) is 0. The first-order chi connectivity index (χ1) is 12.8. The van der Waals surface area contributed by atoms with Crippen molar-refractivity contribution in [3.05, 3.63) is 22.3 Å². The summed E-state index contributed by atoms with van der Waals surface area (Å²) in [4.78, 5) is 0. The van der Waals surface area contributed by atoms with E-state index >= 15 is 0 Å². The average molecular weight is 357 g/mol. The van der Waals surface area contributed by atoms with Crippen LogP contribution < -0.4 is 0 Å². The normalized spacial score (nSPS) is 36.2. The van der Waals surface area contributed by atoms with E-state index in [1.165, 1.54) is 116 Å². The molecule has 0 nitrogen and oxygen atoms in total. The highest BCUT2D eigenvalue weighted by molar-refractivity contribution is 5.40. The van der Waals surface area contributed by atoms with Crippen LogP contribution >= 0.6 is 0 Å². The van der Waals surface area contributed by atoms with Crippen molar-refractivity contribution in [2.45, 2.75) is 129 Å². The molecule has 0 saturated carbocycles. The standard InChI is InChI=1S/C26H44/c1-21-19-23-15-11-7-3-5-9-13-17-25(23)26-18-14-10-6-4-8-12-16-24(26)20-22(21)2/h21-22H,3-20H2,1-2H3/b25-23-,26-24-/t21-,22-/m1/s1. The summed E-state index contributed by atoms with van der Waals surface area (Å²) in [6.07, 6.45) is 25.9. The molecule has 0 radical (unpaired) electrons. The molecule has 3 rings (SSSR count). The van der Waals surface area contributed by atoms with E-state index in [2.05, 4.69) is 13.8 Å². The first-order valence-corrected chi connectivity index (χ1v) is 12.2. The summed E-state index contributed by atoms with van der Waals surface area (Å²) < 4.78 is 0. The van der Waals surface area contributed by atoms with E-state index in [4.69, 9.17) is 0 Å². The fourth-order valence-corrected chi connectivity index (χ4v) is 5.71. The average Bonchev–Trinajstić information content (AvgIpc) is 2.64. The summed E-state index contributed by atoms with van der Waals surface area (Å²) >= 11 is 0.